The van der Waals surface area contributed by atoms with Crippen molar-refractivity contribution in [3.05, 3.63) is 47.5 Å². The van der Waals surface area contributed by atoms with E-state index < -0.39 is 10.0 Å². The molecule has 0 bridgehead atoms. The molecule has 25 heavy (non-hydrogen) atoms. The van der Waals surface area contributed by atoms with Gasteiger partial charge < -0.3 is 14.2 Å². The molecule has 1 N–H and O–H groups in total. The van der Waals surface area contributed by atoms with Crippen molar-refractivity contribution in [1.82, 2.24) is 4.72 Å². The molecule has 0 aromatic heterocycles. The van der Waals surface area contributed by atoms with E-state index in [2.05, 4.69) is 4.72 Å². The fourth-order valence-corrected chi connectivity index (χ4v) is 3.40. The smallest absolute Gasteiger partial charge is 0.240 e. The van der Waals surface area contributed by atoms with Gasteiger partial charge in [-0.05, 0) is 49.4 Å². The van der Waals surface area contributed by atoms with Gasteiger partial charge in [-0.2, -0.15) is 0 Å². The Kier molecular flexibility index (Phi) is 6.92. The van der Waals surface area contributed by atoms with Crippen LogP contribution in [0.3, 0.4) is 0 Å². The van der Waals surface area contributed by atoms with Crippen LogP contribution in [0.5, 0.6) is 17.2 Å². The molecule has 2 aromatic carbocycles. The standard InChI is InChI=1S/C17H20ClNO5S/c1-3-23-13-4-6-14(7-5-13)24-11-10-19-25(20,21)15-8-9-17(22-2)16(18)12-15/h4-9,12,19H,3,10-11H2,1-2H3. The van der Waals surface area contributed by atoms with Crippen LogP contribution in [-0.2, 0) is 10.0 Å². The van der Waals surface area contributed by atoms with Crippen LogP contribution in [0.25, 0.3) is 0 Å². The zero-order valence-electron chi connectivity index (χ0n) is 14.0. The van der Waals surface area contributed by atoms with Crippen LogP contribution in [0.15, 0.2) is 47.4 Å². The van der Waals surface area contributed by atoms with Gasteiger partial charge in [-0.3, -0.25) is 0 Å². The van der Waals surface area contributed by atoms with Crippen LogP contribution in [0.2, 0.25) is 5.02 Å². The quantitative estimate of drug-likeness (QED) is 0.671. The van der Waals surface area contributed by atoms with Crippen LogP contribution in [-0.4, -0.2) is 35.3 Å². The van der Waals surface area contributed by atoms with Crippen molar-refractivity contribution in [2.24, 2.45) is 0 Å². The zero-order chi connectivity index (χ0) is 18.3. The number of methoxy groups -OCH3 is 1. The van der Waals surface area contributed by atoms with E-state index in [1.807, 2.05) is 6.92 Å². The maximum Gasteiger partial charge on any atom is 0.240 e. The van der Waals surface area contributed by atoms with Crippen LogP contribution < -0.4 is 18.9 Å². The lowest BCUT2D eigenvalue weighted by molar-refractivity contribution is 0.319. The molecule has 0 unspecified atom stereocenters. The van der Waals surface area contributed by atoms with E-state index >= 15 is 0 Å². The molecule has 8 heteroatoms. The molecule has 136 valence electrons. The number of ether oxygens (including phenoxy) is 3. The summed E-state index contributed by atoms with van der Waals surface area (Å²) in [5.41, 5.74) is 0. The topological polar surface area (TPSA) is 73.9 Å². The number of hydrogen-bond acceptors (Lipinski definition) is 5. The predicted molar refractivity (Wildman–Crippen MR) is 96.3 cm³/mol. The maximum atomic E-state index is 12.2. The molecule has 6 nitrogen and oxygen atoms in total. The molecule has 2 rings (SSSR count). The minimum Gasteiger partial charge on any atom is -0.495 e. The third-order valence-corrected chi connectivity index (χ3v) is 4.99. The molecule has 0 radical (unpaired) electrons. The number of nitrogens with one attached hydrogen (secondary N) is 1. The molecule has 0 fully saturated rings. The molecule has 0 amide bonds. The van der Waals surface area contributed by atoms with Gasteiger partial charge in [0.25, 0.3) is 0 Å². The van der Waals surface area contributed by atoms with Crippen LogP contribution >= 0.6 is 11.6 Å². The summed E-state index contributed by atoms with van der Waals surface area (Å²) in [5.74, 6) is 1.81. The van der Waals surface area contributed by atoms with Crippen LogP contribution in [0.4, 0.5) is 0 Å². The summed E-state index contributed by atoms with van der Waals surface area (Å²) in [7, 11) is -2.20. The van der Waals surface area contributed by atoms with Crippen molar-refractivity contribution < 1.29 is 22.6 Å². The van der Waals surface area contributed by atoms with Gasteiger partial charge >= 0.3 is 0 Å². The Morgan fingerprint density at radius 3 is 2.24 bits per heavy atom. The zero-order valence-corrected chi connectivity index (χ0v) is 15.6. The Morgan fingerprint density at radius 2 is 1.68 bits per heavy atom. The molecular formula is C17H20ClNO5S. The molecule has 0 aliphatic rings. The fourth-order valence-electron chi connectivity index (χ4n) is 2.04. The molecule has 2 aromatic rings. The van der Waals surface area contributed by atoms with Gasteiger partial charge in [0.1, 0.15) is 23.9 Å². The van der Waals surface area contributed by atoms with Crippen molar-refractivity contribution in [2.75, 3.05) is 26.9 Å². The molecule has 0 aliphatic heterocycles. The van der Waals surface area contributed by atoms with Crippen molar-refractivity contribution in [3.8, 4) is 17.2 Å². The van der Waals surface area contributed by atoms with Gasteiger partial charge in [-0.1, -0.05) is 11.6 Å². The van der Waals surface area contributed by atoms with Gasteiger partial charge in [0, 0.05) is 6.54 Å². The highest BCUT2D eigenvalue weighted by Crippen LogP contribution is 2.26. The van der Waals surface area contributed by atoms with E-state index in [9.17, 15) is 8.42 Å². The van der Waals surface area contributed by atoms with Crippen LogP contribution in [0.1, 0.15) is 6.92 Å². The van der Waals surface area contributed by atoms with Gasteiger partial charge in [0.15, 0.2) is 0 Å². The number of rotatable bonds is 9. The number of hydrogen-bond donors (Lipinski definition) is 1. The Bertz CT molecular complexity index is 793. The third kappa shape index (κ3) is 5.52. The lowest BCUT2D eigenvalue weighted by Crippen LogP contribution is -2.28. The largest absolute Gasteiger partial charge is 0.495 e. The van der Waals surface area contributed by atoms with E-state index in [0.717, 1.165) is 5.75 Å². The van der Waals surface area contributed by atoms with Gasteiger partial charge in [-0.25, -0.2) is 13.1 Å². The SMILES string of the molecule is CCOc1ccc(OCCNS(=O)(=O)c2ccc(OC)c(Cl)c2)cc1. The fraction of sp³-hybridized carbons (Fsp3) is 0.294. The predicted octanol–water partition coefficient (Wildman–Crippen LogP) is 3.10. The maximum absolute atomic E-state index is 12.2. The number of sulfonamides is 1. The highest BCUT2D eigenvalue weighted by Gasteiger charge is 2.15. The summed E-state index contributed by atoms with van der Waals surface area (Å²) in [6.07, 6.45) is 0. The summed E-state index contributed by atoms with van der Waals surface area (Å²) in [6, 6.07) is 11.4. The van der Waals surface area contributed by atoms with Crippen molar-refractivity contribution in [1.29, 1.82) is 0 Å². The molecule has 0 saturated heterocycles. The lowest BCUT2D eigenvalue weighted by atomic mass is 10.3. The summed E-state index contributed by atoms with van der Waals surface area (Å²) >= 11 is 5.96. The van der Waals surface area contributed by atoms with E-state index in [-0.39, 0.29) is 23.1 Å². The lowest BCUT2D eigenvalue weighted by Gasteiger charge is -2.10. The molecule has 0 saturated carbocycles. The highest BCUT2D eigenvalue weighted by molar-refractivity contribution is 7.89. The molecule has 0 heterocycles. The Morgan fingerprint density at radius 1 is 1.04 bits per heavy atom. The first kappa shape index (κ1) is 19.4. The number of halogens is 1. The molecule has 0 atom stereocenters. The molecular weight excluding hydrogens is 366 g/mol. The third-order valence-electron chi connectivity index (χ3n) is 3.23. The van der Waals surface area contributed by atoms with Gasteiger partial charge in [0.05, 0.1) is 23.6 Å². The van der Waals surface area contributed by atoms with E-state index in [4.69, 9.17) is 25.8 Å². The van der Waals surface area contributed by atoms with Gasteiger partial charge in [-0.15, -0.1) is 0 Å². The van der Waals surface area contributed by atoms with Crippen LogP contribution in [0, 0.1) is 0 Å². The van der Waals surface area contributed by atoms with E-state index in [1.165, 1.54) is 25.3 Å². The summed E-state index contributed by atoms with van der Waals surface area (Å²) in [6.45, 7) is 2.82. The Labute approximate surface area is 152 Å². The van der Waals surface area contributed by atoms with Crippen molar-refractivity contribution >= 4 is 21.6 Å². The molecule has 0 spiro atoms. The number of benzene rings is 2. The van der Waals surface area contributed by atoms with E-state index in [0.29, 0.717) is 18.1 Å². The second-order valence-electron chi connectivity index (χ2n) is 4.95. The summed E-state index contributed by atoms with van der Waals surface area (Å²) < 4.78 is 42.8. The normalized spacial score (nSPS) is 11.2. The highest BCUT2D eigenvalue weighted by atomic mass is 35.5. The summed E-state index contributed by atoms with van der Waals surface area (Å²) in [4.78, 5) is 0.0689. The average molecular weight is 386 g/mol. The first-order valence-corrected chi connectivity index (χ1v) is 9.51. The minimum atomic E-state index is -3.67. The second kappa shape index (κ2) is 8.94. The van der Waals surface area contributed by atoms with Crippen molar-refractivity contribution in [2.45, 2.75) is 11.8 Å². The van der Waals surface area contributed by atoms with Crippen molar-refractivity contribution in [3.63, 3.8) is 0 Å². The Balaban J connectivity index is 1.86. The van der Waals surface area contributed by atoms with E-state index in [1.54, 1.807) is 24.3 Å². The summed E-state index contributed by atoms with van der Waals surface area (Å²) in [5, 5.41) is 0.232. The first-order valence-electron chi connectivity index (χ1n) is 7.65. The molecule has 0 aliphatic carbocycles. The average Bonchev–Trinajstić information content (AvgIpc) is 2.60. The Hall–Kier alpha value is -1.96. The monoisotopic (exact) mass is 385 g/mol. The first-order chi connectivity index (χ1) is 12.0. The minimum absolute atomic E-state index is 0.0689. The van der Waals surface area contributed by atoms with Gasteiger partial charge in [0.2, 0.25) is 10.0 Å². The second-order valence-corrected chi connectivity index (χ2v) is 7.12.